The zero-order chi connectivity index (χ0) is 8.81. The van der Waals surface area contributed by atoms with E-state index in [9.17, 15) is 4.79 Å². The van der Waals surface area contributed by atoms with E-state index in [-0.39, 0.29) is 5.91 Å². The lowest BCUT2D eigenvalue weighted by molar-refractivity contribution is -0.116. The first-order valence-electron chi connectivity index (χ1n) is 3.41. The zero-order valence-corrected chi connectivity index (χ0v) is 6.40. The van der Waals surface area contributed by atoms with Crippen LogP contribution in [0.4, 0.5) is 0 Å². The molecule has 0 saturated heterocycles. The maximum absolute atomic E-state index is 10.6. The summed E-state index contributed by atoms with van der Waals surface area (Å²) in [6, 6.07) is 3.63. The molecule has 0 unspecified atom stereocenters. The molecular weight excluding hydrogens is 154 g/mol. The van der Waals surface area contributed by atoms with E-state index in [2.05, 4.69) is 4.98 Å². The van der Waals surface area contributed by atoms with E-state index in [1.54, 1.807) is 24.5 Å². The minimum Gasteiger partial charge on any atom is -0.291 e. The van der Waals surface area contributed by atoms with Gasteiger partial charge in [0.2, 0.25) is 0 Å². The van der Waals surface area contributed by atoms with Crippen LogP contribution in [-0.2, 0) is 4.79 Å². The van der Waals surface area contributed by atoms with E-state index in [0.29, 0.717) is 0 Å². The highest BCUT2D eigenvalue weighted by Crippen LogP contribution is 1.97. The predicted molar refractivity (Wildman–Crippen MR) is 45.6 cm³/mol. The molecule has 1 heterocycles. The Bertz CT molecular complexity index is 282. The van der Waals surface area contributed by atoms with Crippen LogP contribution in [0.2, 0.25) is 0 Å². The number of amides is 1. The van der Waals surface area contributed by atoms with Crippen molar-refractivity contribution in [2.24, 2.45) is 5.84 Å². The molecule has 4 heteroatoms. The first-order valence-corrected chi connectivity index (χ1v) is 3.41. The molecule has 1 aromatic rings. The number of nitrogens with zero attached hydrogens (tertiary/aromatic N) is 1. The Balaban J connectivity index is 2.64. The molecule has 0 aliphatic carbocycles. The summed E-state index contributed by atoms with van der Waals surface area (Å²) in [5.41, 5.74) is 2.85. The molecule has 4 nitrogen and oxygen atoms in total. The summed E-state index contributed by atoms with van der Waals surface area (Å²) in [7, 11) is 0. The van der Waals surface area contributed by atoms with E-state index < -0.39 is 0 Å². The van der Waals surface area contributed by atoms with Crippen LogP contribution >= 0.6 is 0 Å². The molecule has 0 bridgehead atoms. The number of carbonyl (C=O) groups excluding carboxylic acids is 1. The minimum atomic E-state index is -0.334. The fraction of sp³-hybridized carbons (Fsp3) is 0. The average Bonchev–Trinajstić information content (AvgIpc) is 2.16. The first kappa shape index (κ1) is 8.42. The second-order valence-corrected chi connectivity index (χ2v) is 2.13. The van der Waals surface area contributed by atoms with Gasteiger partial charge in [-0.2, -0.15) is 0 Å². The Labute approximate surface area is 70.1 Å². The van der Waals surface area contributed by atoms with Gasteiger partial charge >= 0.3 is 0 Å². The van der Waals surface area contributed by atoms with E-state index >= 15 is 0 Å². The number of nitrogens with one attached hydrogen (secondary N) is 1. The molecule has 3 N–H and O–H groups in total. The zero-order valence-electron chi connectivity index (χ0n) is 6.40. The van der Waals surface area contributed by atoms with Crippen molar-refractivity contribution in [3.05, 3.63) is 36.2 Å². The van der Waals surface area contributed by atoms with Gasteiger partial charge in [0.15, 0.2) is 0 Å². The SMILES string of the molecule is NNC(=O)/C=C\c1cccnc1. The number of hydrogen-bond donors (Lipinski definition) is 2. The minimum absolute atomic E-state index is 0.334. The molecule has 1 aromatic heterocycles. The molecule has 12 heavy (non-hydrogen) atoms. The van der Waals surface area contributed by atoms with Crippen LogP contribution in [0.3, 0.4) is 0 Å². The number of hydrazine groups is 1. The van der Waals surface area contributed by atoms with Crippen molar-refractivity contribution < 1.29 is 4.79 Å². The third-order valence-electron chi connectivity index (χ3n) is 1.25. The second-order valence-electron chi connectivity index (χ2n) is 2.13. The molecule has 0 aromatic carbocycles. The second kappa shape index (κ2) is 4.25. The third kappa shape index (κ3) is 2.51. The van der Waals surface area contributed by atoms with Crippen molar-refractivity contribution in [1.29, 1.82) is 0 Å². The highest BCUT2D eigenvalue weighted by atomic mass is 16.2. The van der Waals surface area contributed by atoms with Gasteiger partial charge in [0.05, 0.1) is 0 Å². The number of hydrogen-bond acceptors (Lipinski definition) is 3. The van der Waals surface area contributed by atoms with Gasteiger partial charge in [0.1, 0.15) is 0 Å². The van der Waals surface area contributed by atoms with Gasteiger partial charge in [0.25, 0.3) is 5.91 Å². The Morgan fingerprint density at radius 2 is 2.50 bits per heavy atom. The fourth-order valence-corrected chi connectivity index (χ4v) is 0.695. The average molecular weight is 163 g/mol. The lowest BCUT2D eigenvalue weighted by Crippen LogP contribution is -2.27. The maximum Gasteiger partial charge on any atom is 0.257 e. The van der Waals surface area contributed by atoms with Crippen LogP contribution in [0.25, 0.3) is 6.08 Å². The molecule has 1 rings (SSSR count). The van der Waals surface area contributed by atoms with Crippen LogP contribution in [0.1, 0.15) is 5.56 Å². The summed E-state index contributed by atoms with van der Waals surface area (Å²) in [5.74, 6) is 4.54. The number of aromatic nitrogens is 1. The van der Waals surface area contributed by atoms with Gasteiger partial charge in [-0.3, -0.25) is 15.2 Å². The van der Waals surface area contributed by atoms with Gasteiger partial charge in [-0.05, 0) is 17.7 Å². The van der Waals surface area contributed by atoms with Crippen molar-refractivity contribution in [3.8, 4) is 0 Å². The Morgan fingerprint density at radius 1 is 1.67 bits per heavy atom. The summed E-state index contributed by atoms with van der Waals surface area (Å²) in [4.78, 5) is 14.5. The van der Waals surface area contributed by atoms with Gasteiger partial charge in [0, 0.05) is 18.5 Å². The quantitative estimate of drug-likeness (QED) is 0.281. The molecule has 0 fully saturated rings. The van der Waals surface area contributed by atoms with Gasteiger partial charge in [-0.25, -0.2) is 5.84 Å². The van der Waals surface area contributed by atoms with E-state index in [0.717, 1.165) is 5.56 Å². The standard InChI is InChI=1S/C8H9N3O/c9-11-8(12)4-3-7-2-1-5-10-6-7/h1-6H,9H2,(H,11,12)/b4-3-. The summed E-state index contributed by atoms with van der Waals surface area (Å²) in [5, 5.41) is 0. The van der Waals surface area contributed by atoms with Crippen LogP contribution in [-0.4, -0.2) is 10.9 Å². The summed E-state index contributed by atoms with van der Waals surface area (Å²) in [6.07, 6.45) is 6.30. The number of rotatable bonds is 2. The van der Waals surface area contributed by atoms with Crippen molar-refractivity contribution in [2.45, 2.75) is 0 Å². The van der Waals surface area contributed by atoms with Crippen molar-refractivity contribution in [2.75, 3.05) is 0 Å². The molecule has 0 aliphatic rings. The molecule has 0 radical (unpaired) electrons. The normalized spacial score (nSPS) is 10.1. The van der Waals surface area contributed by atoms with E-state index in [1.807, 2.05) is 11.5 Å². The van der Waals surface area contributed by atoms with Crippen LogP contribution in [0, 0.1) is 0 Å². The highest BCUT2D eigenvalue weighted by molar-refractivity contribution is 5.91. The molecule has 0 saturated carbocycles. The van der Waals surface area contributed by atoms with Crippen LogP contribution in [0.5, 0.6) is 0 Å². The van der Waals surface area contributed by atoms with E-state index in [4.69, 9.17) is 5.84 Å². The third-order valence-corrected chi connectivity index (χ3v) is 1.25. The number of carbonyl (C=O) groups is 1. The molecule has 1 amide bonds. The van der Waals surface area contributed by atoms with Gasteiger partial charge in [-0.15, -0.1) is 0 Å². The molecular formula is C8H9N3O. The summed E-state index contributed by atoms with van der Waals surface area (Å²) < 4.78 is 0. The van der Waals surface area contributed by atoms with Crippen molar-refractivity contribution >= 4 is 12.0 Å². The largest absolute Gasteiger partial charge is 0.291 e. The van der Waals surface area contributed by atoms with Crippen LogP contribution in [0.15, 0.2) is 30.6 Å². The predicted octanol–water partition coefficient (Wildman–Crippen LogP) is 0.0847. The highest BCUT2D eigenvalue weighted by Gasteiger charge is 1.88. The fourth-order valence-electron chi connectivity index (χ4n) is 0.695. The van der Waals surface area contributed by atoms with Crippen LogP contribution < -0.4 is 11.3 Å². The van der Waals surface area contributed by atoms with E-state index in [1.165, 1.54) is 6.08 Å². The Kier molecular flexibility index (Phi) is 2.98. The molecule has 0 spiro atoms. The molecule has 62 valence electrons. The first-order chi connectivity index (χ1) is 5.83. The Hall–Kier alpha value is -1.68. The lowest BCUT2D eigenvalue weighted by Gasteiger charge is -1.90. The van der Waals surface area contributed by atoms with Crippen molar-refractivity contribution in [1.82, 2.24) is 10.4 Å². The molecule has 0 atom stereocenters. The van der Waals surface area contributed by atoms with Gasteiger partial charge < -0.3 is 0 Å². The molecule has 0 aliphatic heterocycles. The smallest absolute Gasteiger partial charge is 0.257 e. The monoisotopic (exact) mass is 163 g/mol. The summed E-state index contributed by atoms with van der Waals surface area (Å²) in [6.45, 7) is 0. The number of nitrogens with two attached hydrogens (primary N) is 1. The van der Waals surface area contributed by atoms with Crippen molar-refractivity contribution in [3.63, 3.8) is 0 Å². The Morgan fingerprint density at radius 3 is 3.08 bits per heavy atom. The summed E-state index contributed by atoms with van der Waals surface area (Å²) >= 11 is 0. The lowest BCUT2D eigenvalue weighted by atomic mass is 10.2. The maximum atomic E-state index is 10.6. The van der Waals surface area contributed by atoms with Gasteiger partial charge in [-0.1, -0.05) is 6.07 Å². The number of pyridine rings is 1. The topological polar surface area (TPSA) is 68.0 Å².